The zero-order valence-electron chi connectivity index (χ0n) is 12.2. The van der Waals surface area contributed by atoms with Gasteiger partial charge in [0.1, 0.15) is 11.6 Å². The summed E-state index contributed by atoms with van der Waals surface area (Å²) in [5.74, 6) is 0.538. The molecule has 1 aromatic heterocycles. The fraction of sp³-hybridized carbons (Fsp3) is 0.438. The van der Waals surface area contributed by atoms with E-state index in [4.69, 9.17) is 4.74 Å². The highest BCUT2D eigenvalue weighted by Crippen LogP contribution is 2.23. The van der Waals surface area contributed by atoms with Crippen LogP contribution in [-0.4, -0.2) is 22.4 Å². The molecule has 0 bridgehead atoms. The molecular weight excluding hydrogens is 269 g/mol. The normalized spacial score (nSPS) is 14.4. The average molecular weight is 289 g/mol. The Morgan fingerprint density at radius 3 is 3.00 bits per heavy atom. The summed E-state index contributed by atoms with van der Waals surface area (Å²) in [6.07, 6.45) is 7.03. The number of nitrogens with zero attached hydrogens (tertiary/aromatic N) is 2. The van der Waals surface area contributed by atoms with Crippen molar-refractivity contribution in [3.8, 4) is 5.75 Å². The first kappa shape index (κ1) is 14.1. The first-order valence-corrected chi connectivity index (χ1v) is 7.33. The summed E-state index contributed by atoms with van der Waals surface area (Å²) in [6.45, 7) is 1.22. The van der Waals surface area contributed by atoms with Gasteiger partial charge in [-0.05, 0) is 36.6 Å². The lowest BCUT2D eigenvalue weighted by Crippen LogP contribution is -2.16. The SMILES string of the molecule is Cn1cc(CCOc2ccc(F)cc2CNC2CC2)cn1. The van der Waals surface area contributed by atoms with E-state index in [9.17, 15) is 4.39 Å². The first-order valence-electron chi connectivity index (χ1n) is 7.33. The molecule has 0 spiro atoms. The predicted molar refractivity (Wildman–Crippen MR) is 78.7 cm³/mol. The van der Waals surface area contributed by atoms with E-state index in [1.54, 1.807) is 16.8 Å². The Balaban J connectivity index is 1.57. The Bertz CT molecular complexity index is 607. The van der Waals surface area contributed by atoms with E-state index < -0.39 is 0 Å². The van der Waals surface area contributed by atoms with Gasteiger partial charge in [-0.1, -0.05) is 0 Å². The summed E-state index contributed by atoms with van der Waals surface area (Å²) < 4.78 is 21.0. The third-order valence-corrected chi connectivity index (χ3v) is 3.59. The van der Waals surface area contributed by atoms with Gasteiger partial charge >= 0.3 is 0 Å². The molecule has 1 aliphatic rings. The molecular formula is C16H20FN3O. The lowest BCUT2D eigenvalue weighted by molar-refractivity contribution is 0.317. The van der Waals surface area contributed by atoms with E-state index in [1.165, 1.54) is 18.9 Å². The van der Waals surface area contributed by atoms with Gasteiger partial charge in [0.25, 0.3) is 0 Å². The van der Waals surface area contributed by atoms with Crippen LogP contribution in [0.1, 0.15) is 24.0 Å². The van der Waals surface area contributed by atoms with Crippen LogP contribution in [0.2, 0.25) is 0 Å². The van der Waals surface area contributed by atoms with Crippen LogP contribution in [0.4, 0.5) is 4.39 Å². The molecule has 0 unspecified atom stereocenters. The predicted octanol–water partition coefficient (Wildman–Crippen LogP) is 2.43. The average Bonchev–Trinajstić information content (AvgIpc) is 3.20. The molecule has 1 fully saturated rings. The molecule has 1 saturated carbocycles. The third-order valence-electron chi connectivity index (χ3n) is 3.59. The number of rotatable bonds is 7. The number of hydrogen-bond acceptors (Lipinski definition) is 3. The number of benzene rings is 1. The zero-order valence-corrected chi connectivity index (χ0v) is 12.2. The van der Waals surface area contributed by atoms with E-state index >= 15 is 0 Å². The maximum atomic E-state index is 13.4. The van der Waals surface area contributed by atoms with E-state index in [0.717, 1.165) is 23.3 Å². The van der Waals surface area contributed by atoms with Crippen LogP contribution in [0.25, 0.3) is 0 Å². The number of aryl methyl sites for hydroxylation is 1. The van der Waals surface area contributed by atoms with E-state index in [1.807, 2.05) is 19.4 Å². The molecule has 0 atom stereocenters. The first-order chi connectivity index (χ1) is 10.2. The van der Waals surface area contributed by atoms with Crippen LogP contribution in [0, 0.1) is 5.82 Å². The summed E-state index contributed by atoms with van der Waals surface area (Å²) in [4.78, 5) is 0. The zero-order chi connectivity index (χ0) is 14.7. The highest BCUT2D eigenvalue weighted by Gasteiger charge is 2.20. The van der Waals surface area contributed by atoms with E-state index in [0.29, 0.717) is 19.2 Å². The minimum Gasteiger partial charge on any atom is -0.493 e. The summed E-state index contributed by atoms with van der Waals surface area (Å²) in [5, 5.41) is 7.52. The number of ether oxygens (including phenoxy) is 1. The monoisotopic (exact) mass is 289 g/mol. The molecule has 0 radical (unpaired) electrons. The lowest BCUT2D eigenvalue weighted by atomic mass is 10.2. The van der Waals surface area contributed by atoms with Crippen LogP contribution in [-0.2, 0) is 20.0 Å². The van der Waals surface area contributed by atoms with E-state index in [2.05, 4.69) is 10.4 Å². The van der Waals surface area contributed by atoms with Crippen molar-refractivity contribution in [2.45, 2.75) is 31.8 Å². The number of hydrogen-bond donors (Lipinski definition) is 1. The highest BCUT2D eigenvalue weighted by molar-refractivity contribution is 5.34. The second kappa shape index (κ2) is 6.26. The summed E-state index contributed by atoms with van der Waals surface area (Å²) in [6, 6.07) is 5.30. The molecule has 1 N–H and O–H groups in total. The van der Waals surface area contributed by atoms with Crippen molar-refractivity contribution < 1.29 is 9.13 Å². The van der Waals surface area contributed by atoms with Gasteiger partial charge in [-0.25, -0.2) is 4.39 Å². The summed E-state index contributed by atoms with van der Waals surface area (Å²) >= 11 is 0. The van der Waals surface area contributed by atoms with Crippen LogP contribution < -0.4 is 10.1 Å². The van der Waals surface area contributed by atoms with Crippen molar-refractivity contribution in [1.82, 2.24) is 15.1 Å². The summed E-state index contributed by atoms with van der Waals surface area (Å²) in [7, 11) is 1.89. The van der Waals surface area contributed by atoms with Crippen molar-refractivity contribution >= 4 is 0 Å². The smallest absolute Gasteiger partial charge is 0.123 e. The van der Waals surface area contributed by atoms with E-state index in [-0.39, 0.29) is 5.82 Å². The van der Waals surface area contributed by atoms with Crippen LogP contribution in [0.15, 0.2) is 30.6 Å². The molecule has 0 aliphatic heterocycles. The Kier molecular flexibility index (Phi) is 4.20. The number of nitrogens with one attached hydrogen (secondary N) is 1. The fourth-order valence-corrected chi connectivity index (χ4v) is 2.25. The van der Waals surface area contributed by atoms with Crippen LogP contribution >= 0.6 is 0 Å². The molecule has 21 heavy (non-hydrogen) atoms. The highest BCUT2D eigenvalue weighted by atomic mass is 19.1. The number of halogens is 1. The van der Waals surface area contributed by atoms with Crippen LogP contribution in [0.3, 0.4) is 0 Å². The molecule has 4 nitrogen and oxygen atoms in total. The molecule has 0 amide bonds. The van der Waals surface area contributed by atoms with Crippen molar-refractivity contribution in [2.24, 2.45) is 7.05 Å². The summed E-state index contributed by atoms with van der Waals surface area (Å²) in [5.41, 5.74) is 2.02. The molecule has 1 aromatic carbocycles. The Morgan fingerprint density at radius 2 is 2.29 bits per heavy atom. The topological polar surface area (TPSA) is 39.1 Å². The van der Waals surface area contributed by atoms with Gasteiger partial charge in [0.2, 0.25) is 0 Å². The maximum absolute atomic E-state index is 13.4. The van der Waals surface area contributed by atoms with Gasteiger partial charge < -0.3 is 10.1 Å². The Morgan fingerprint density at radius 1 is 1.43 bits per heavy atom. The second-order valence-corrected chi connectivity index (χ2v) is 5.53. The molecule has 0 saturated heterocycles. The van der Waals surface area contributed by atoms with Crippen molar-refractivity contribution in [3.05, 3.63) is 47.5 Å². The maximum Gasteiger partial charge on any atom is 0.123 e. The molecule has 112 valence electrons. The molecule has 1 aliphatic carbocycles. The van der Waals surface area contributed by atoms with Gasteiger partial charge in [0, 0.05) is 37.8 Å². The standard InChI is InChI=1S/C16H20FN3O/c1-20-11-12(9-19-20)6-7-21-16-5-2-14(17)8-13(16)10-18-15-3-4-15/h2,5,8-9,11,15,18H,3-4,6-7,10H2,1H3. The molecule has 5 heteroatoms. The van der Waals surface area contributed by atoms with Gasteiger partial charge in [-0.2, -0.15) is 5.10 Å². The van der Waals surface area contributed by atoms with Crippen LogP contribution in [0.5, 0.6) is 5.75 Å². The van der Waals surface area contributed by atoms with Crippen molar-refractivity contribution in [2.75, 3.05) is 6.61 Å². The van der Waals surface area contributed by atoms with Gasteiger partial charge in [0.15, 0.2) is 0 Å². The minimum absolute atomic E-state index is 0.220. The fourth-order valence-electron chi connectivity index (χ4n) is 2.25. The minimum atomic E-state index is -0.220. The Hall–Kier alpha value is -1.88. The number of aromatic nitrogens is 2. The van der Waals surface area contributed by atoms with Crippen molar-refractivity contribution in [3.63, 3.8) is 0 Å². The van der Waals surface area contributed by atoms with Gasteiger partial charge in [-0.15, -0.1) is 0 Å². The van der Waals surface area contributed by atoms with Gasteiger partial charge in [0.05, 0.1) is 12.8 Å². The van der Waals surface area contributed by atoms with Crippen molar-refractivity contribution in [1.29, 1.82) is 0 Å². The third kappa shape index (κ3) is 4.04. The molecule has 2 aromatic rings. The molecule has 1 heterocycles. The quantitative estimate of drug-likeness (QED) is 0.851. The second-order valence-electron chi connectivity index (χ2n) is 5.53. The lowest BCUT2D eigenvalue weighted by Gasteiger charge is -2.12. The largest absolute Gasteiger partial charge is 0.493 e. The molecule has 3 rings (SSSR count). The van der Waals surface area contributed by atoms with Gasteiger partial charge in [-0.3, -0.25) is 4.68 Å². The Labute approximate surface area is 123 Å².